The number of halogens is 1. The number of nitrogens with zero attached hydrogens (tertiary/aromatic N) is 3. The number of benzene rings is 1. The van der Waals surface area contributed by atoms with E-state index in [1.165, 1.54) is 45.7 Å². The Morgan fingerprint density at radius 2 is 1.82 bits per heavy atom. The fourth-order valence-electron chi connectivity index (χ4n) is 5.25. The molecule has 0 N–H and O–H groups in total. The number of likely N-dealkylation sites (tertiary alicyclic amines) is 2. The molecule has 0 spiro atoms. The fourth-order valence-corrected chi connectivity index (χ4v) is 6.63. The molecule has 0 aromatic heterocycles. The Hall–Kier alpha value is -2.17. The van der Waals surface area contributed by atoms with Crippen LogP contribution < -0.4 is 4.74 Å². The summed E-state index contributed by atoms with van der Waals surface area (Å²) >= 11 is 0. The van der Waals surface area contributed by atoms with E-state index in [1.54, 1.807) is 12.1 Å². The molecule has 2 fully saturated rings. The zero-order valence-electron chi connectivity index (χ0n) is 20.8. The zero-order chi connectivity index (χ0) is 24.2. The van der Waals surface area contributed by atoms with Gasteiger partial charge in [0.15, 0.2) is 11.6 Å². The summed E-state index contributed by atoms with van der Waals surface area (Å²) in [6.07, 6.45) is 10.5. The first-order valence-corrected chi connectivity index (χ1v) is 13.6. The molecule has 1 aromatic carbocycles. The van der Waals surface area contributed by atoms with E-state index in [1.807, 2.05) is 17.2 Å². The van der Waals surface area contributed by atoms with Crippen molar-refractivity contribution in [2.24, 2.45) is 11.8 Å². The lowest BCUT2D eigenvalue weighted by Gasteiger charge is -2.36. The highest BCUT2D eigenvalue weighted by Crippen LogP contribution is 2.45. The van der Waals surface area contributed by atoms with Gasteiger partial charge in [-0.3, -0.25) is 4.79 Å². The molecule has 2 saturated heterocycles. The molecule has 0 aliphatic carbocycles. The Morgan fingerprint density at radius 3 is 2.44 bits per heavy atom. The second-order valence-corrected chi connectivity index (χ2v) is 11.0. The molecule has 5 rings (SSSR count). The van der Waals surface area contributed by atoms with Crippen molar-refractivity contribution in [2.75, 3.05) is 39.8 Å². The molecule has 1 amide bonds. The summed E-state index contributed by atoms with van der Waals surface area (Å²) in [6, 6.07) is 4.90. The summed E-state index contributed by atoms with van der Waals surface area (Å²) in [5.74, 6) is 1.24. The molecule has 4 aliphatic heterocycles. The smallest absolute Gasteiger partial charge is 0.252 e. The molecule has 7 heteroatoms. The summed E-state index contributed by atoms with van der Waals surface area (Å²) in [4.78, 5) is 19.8. The number of hydrogen-bond acceptors (Lipinski definition) is 4. The van der Waals surface area contributed by atoms with Crippen molar-refractivity contribution in [3.63, 3.8) is 0 Å². The van der Waals surface area contributed by atoms with Crippen LogP contribution in [0.15, 0.2) is 48.3 Å². The van der Waals surface area contributed by atoms with Crippen LogP contribution in [0.2, 0.25) is 0 Å². The van der Waals surface area contributed by atoms with Crippen molar-refractivity contribution in [3.05, 3.63) is 59.7 Å². The molecule has 0 radical (unpaired) electrons. The van der Waals surface area contributed by atoms with E-state index in [2.05, 4.69) is 42.7 Å². The third-order valence-corrected chi connectivity index (χ3v) is 8.29. The Bertz CT molecular complexity index is 978. The second-order valence-electron chi connectivity index (χ2n) is 9.55. The van der Waals surface area contributed by atoms with Crippen LogP contribution in [-0.2, 0) is 4.79 Å². The average molecular weight is 486 g/mol. The number of rotatable bonds is 5. The van der Waals surface area contributed by atoms with Gasteiger partial charge < -0.3 is 19.4 Å². The zero-order valence-corrected chi connectivity index (χ0v) is 21.8. The predicted octanol–water partition coefficient (Wildman–Crippen LogP) is 5.12. The van der Waals surface area contributed by atoms with Crippen LogP contribution in [0.5, 0.6) is 5.75 Å². The molecule has 4 atom stereocenters. The molecule has 34 heavy (non-hydrogen) atoms. The van der Waals surface area contributed by atoms with Gasteiger partial charge in [-0.15, -0.1) is 0 Å². The quantitative estimate of drug-likeness (QED) is 0.543. The monoisotopic (exact) mass is 485 g/mol. The number of hydrogen-bond donors (Lipinski definition) is 0. The first-order valence-electron chi connectivity index (χ1n) is 12.5. The Labute approximate surface area is 205 Å². The Kier molecular flexibility index (Phi) is 8.10. The maximum Gasteiger partial charge on any atom is 0.252 e. The second kappa shape index (κ2) is 11.0. The predicted molar refractivity (Wildman–Crippen MR) is 138 cm³/mol. The molecule has 0 saturated carbocycles. The Morgan fingerprint density at radius 1 is 1.12 bits per heavy atom. The molecular formula is C27H37FN3O2P. The van der Waals surface area contributed by atoms with Crippen LogP contribution in [0.25, 0.3) is 5.31 Å². The van der Waals surface area contributed by atoms with Gasteiger partial charge in [-0.2, -0.15) is 0 Å². The van der Waals surface area contributed by atoms with E-state index >= 15 is 0 Å². The van der Waals surface area contributed by atoms with E-state index in [4.69, 9.17) is 4.74 Å². The summed E-state index contributed by atoms with van der Waals surface area (Å²) in [6.45, 7) is 12.2. The number of amides is 1. The average Bonchev–Trinajstić information content (AvgIpc) is 3.38. The van der Waals surface area contributed by atoms with Gasteiger partial charge in [0.2, 0.25) is 0 Å². The number of ether oxygens (including phenoxy) is 1. The minimum Gasteiger partial charge on any atom is -0.494 e. The van der Waals surface area contributed by atoms with Crippen molar-refractivity contribution < 1.29 is 13.9 Å². The van der Waals surface area contributed by atoms with Crippen LogP contribution in [0.4, 0.5) is 4.39 Å². The SMILES string of the molecule is CCC.CCCN1CC2CN(C3=CN4C(=O)C=C(c5ccc(OC)c(F)c5)PC4C=C3)C[C@H]2C1. The minimum absolute atomic E-state index is 0.00330. The molecule has 4 aliphatic rings. The van der Waals surface area contributed by atoms with Crippen LogP contribution in [0.3, 0.4) is 0 Å². The van der Waals surface area contributed by atoms with Gasteiger partial charge in [0, 0.05) is 38.5 Å². The molecule has 1 aromatic rings. The van der Waals surface area contributed by atoms with Gasteiger partial charge in [-0.05, 0) is 53.9 Å². The molecule has 184 valence electrons. The van der Waals surface area contributed by atoms with E-state index < -0.39 is 5.82 Å². The van der Waals surface area contributed by atoms with Gasteiger partial charge in [0.05, 0.1) is 18.6 Å². The van der Waals surface area contributed by atoms with Gasteiger partial charge >= 0.3 is 0 Å². The van der Waals surface area contributed by atoms with E-state index in [-0.39, 0.29) is 17.4 Å². The molecular weight excluding hydrogens is 448 g/mol. The topological polar surface area (TPSA) is 36.0 Å². The normalized spacial score (nSPS) is 26.6. The molecule has 4 heterocycles. The maximum atomic E-state index is 14.1. The van der Waals surface area contributed by atoms with Crippen LogP contribution in [-0.4, -0.2) is 66.2 Å². The molecule has 5 nitrogen and oxygen atoms in total. The fraction of sp³-hybridized carbons (Fsp3) is 0.519. The summed E-state index contributed by atoms with van der Waals surface area (Å²) in [7, 11) is 1.83. The van der Waals surface area contributed by atoms with Gasteiger partial charge in [-0.1, -0.05) is 47.9 Å². The number of methoxy groups -OCH3 is 1. The van der Waals surface area contributed by atoms with E-state index in [0.29, 0.717) is 8.58 Å². The largest absolute Gasteiger partial charge is 0.494 e. The molecule has 0 bridgehead atoms. The highest BCUT2D eigenvalue weighted by molar-refractivity contribution is 7.51. The summed E-state index contributed by atoms with van der Waals surface area (Å²) in [5.41, 5.74) is 1.88. The minimum atomic E-state index is -0.404. The first kappa shape index (κ1) is 24.9. The van der Waals surface area contributed by atoms with Gasteiger partial charge in [-0.25, -0.2) is 4.39 Å². The van der Waals surface area contributed by atoms with Crippen LogP contribution in [0, 0.1) is 17.7 Å². The van der Waals surface area contributed by atoms with Crippen molar-refractivity contribution in [3.8, 4) is 5.75 Å². The van der Waals surface area contributed by atoms with E-state index in [0.717, 1.165) is 41.5 Å². The van der Waals surface area contributed by atoms with Crippen molar-refractivity contribution in [1.82, 2.24) is 14.7 Å². The number of fused-ring (bicyclic) bond motifs is 2. The van der Waals surface area contributed by atoms with Crippen molar-refractivity contribution >= 4 is 19.8 Å². The Balaban J connectivity index is 0.000000868. The lowest BCUT2D eigenvalue weighted by Crippen LogP contribution is -2.37. The van der Waals surface area contributed by atoms with E-state index in [9.17, 15) is 9.18 Å². The molecule has 3 unspecified atom stereocenters. The van der Waals surface area contributed by atoms with Crippen molar-refractivity contribution in [1.29, 1.82) is 0 Å². The number of carbonyl (C=O) groups is 1. The number of carbonyl (C=O) groups excluding carboxylic acids is 1. The first-order chi connectivity index (χ1) is 16.5. The highest BCUT2D eigenvalue weighted by Gasteiger charge is 2.40. The highest BCUT2D eigenvalue weighted by atomic mass is 31.1. The standard InChI is InChI=1S/C24H29FN3O2P.C3H8/c1-3-8-26-11-17-13-27(14-18(17)12-26)19-5-7-24-28(15-19)23(29)10-22(31-24)16-4-6-21(30-2)20(25)9-16;1-3-2/h4-7,9-10,15,17-18,24,31H,3,8,11-14H2,1-2H3;3H2,1-2H3/t17-,18?,24?;/m1./s1. The van der Waals surface area contributed by atoms with Crippen LogP contribution in [0.1, 0.15) is 39.2 Å². The van der Waals surface area contributed by atoms with Gasteiger partial charge in [0.1, 0.15) is 0 Å². The van der Waals surface area contributed by atoms with Gasteiger partial charge in [0.25, 0.3) is 5.91 Å². The summed E-state index contributed by atoms with van der Waals surface area (Å²) < 4.78 is 19.2. The summed E-state index contributed by atoms with van der Waals surface area (Å²) in [5, 5.41) is 0.890. The van der Waals surface area contributed by atoms with Crippen molar-refractivity contribution in [2.45, 2.75) is 39.4 Å². The van der Waals surface area contributed by atoms with Crippen LogP contribution >= 0.6 is 8.58 Å². The third kappa shape index (κ3) is 5.23. The third-order valence-electron chi connectivity index (χ3n) is 6.78. The lowest BCUT2D eigenvalue weighted by molar-refractivity contribution is -0.123. The maximum absolute atomic E-state index is 14.1. The lowest BCUT2D eigenvalue weighted by atomic mass is 10.0. The number of allylic oxidation sites excluding steroid dienone is 1.